The zero-order chi connectivity index (χ0) is 41.7. The van der Waals surface area contributed by atoms with E-state index in [2.05, 4.69) is 264 Å². The summed E-state index contributed by atoms with van der Waals surface area (Å²) in [5, 5.41) is 10.3. The monoisotopic (exact) mass is 818 g/mol. The van der Waals surface area contributed by atoms with Gasteiger partial charge in [0, 0.05) is 32.7 Å². The summed E-state index contributed by atoms with van der Waals surface area (Å²) >= 11 is 0. The Morgan fingerprint density at radius 2 is 0.698 bits per heavy atom. The maximum Gasteiger partial charge on any atom is 0.181 e. The van der Waals surface area contributed by atoms with Gasteiger partial charge in [-0.2, -0.15) is 0 Å². The molecule has 0 fully saturated rings. The average molecular weight is 819 g/mol. The van der Waals surface area contributed by atoms with Gasteiger partial charge < -0.3 is 9.13 Å². The molecule has 0 N–H and O–H groups in total. The fourth-order valence-electron chi connectivity index (χ4n) is 10.5. The van der Waals surface area contributed by atoms with Crippen molar-refractivity contribution in [3.8, 4) is 33.6 Å². The molecule has 0 unspecified atom stereocenters. The Balaban J connectivity index is 1.27. The quantitative estimate of drug-likeness (QED) is 0.107. The van der Waals surface area contributed by atoms with E-state index >= 15 is 0 Å². The van der Waals surface area contributed by atoms with Gasteiger partial charge in [0.2, 0.25) is 0 Å². The molecule has 0 aliphatic heterocycles. The largest absolute Gasteiger partial charge is 0.309 e. The molecule has 0 radical (unpaired) electrons. The lowest BCUT2D eigenvalue weighted by molar-refractivity contribution is 1.17. The van der Waals surface area contributed by atoms with Crippen LogP contribution in [0.4, 0.5) is 0 Å². The van der Waals surface area contributed by atoms with Gasteiger partial charge >= 0.3 is 0 Å². The van der Waals surface area contributed by atoms with E-state index in [0.29, 0.717) is 0 Å². The zero-order valence-corrected chi connectivity index (χ0v) is 35.6. The Labute approximate surface area is 368 Å². The SMILES string of the molecule is c1ccc(-c2ccccc2-n2c3cccc(-n4c5ccccc5c5cccc([Si](c6ccccc6)(c6ccccc6)c6ccccc6)c54)c3c3cccc(-c4ccccc4)c32)cc1. The fourth-order valence-corrected chi connectivity index (χ4v) is 15.5. The van der Waals surface area contributed by atoms with Gasteiger partial charge in [-0.25, -0.2) is 0 Å². The summed E-state index contributed by atoms with van der Waals surface area (Å²) in [6.07, 6.45) is 0. The van der Waals surface area contributed by atoms with Crippen LogP contribution in [-0.4, -0.2) is 17.2 Å². The first kappa shape index (κ1) is 36.8. The number of fused-ring (bicyclic) bond motifs is 6. The Morgan fingerprint density at radius 1 is 0.270 bits per heavy atom. The predicted octanol–water partition coefficient (Wildman–Crippen LogP) is 12.6. The van der Waals surface area contributed by atoms with Crippen LogP contribution in [0, 0.1) is 0 Å². The third-order valence-corrected chi connectivity index (χ3v) is 17.9. The van der Waals surface area contributed by atoms with Crippen LogP contribution in [0.1, 0.15) is 0 Å². The van der Waals surface area contributed by atoms with Gasteiger partial charge in [0.1, 0.15) is 0 Å². The van der Waals surface area contributed by atoms with Crippen molar-refractivity contribution in [2.75, 3.05) is 0 Å². The second kappa shape index (κ2) is 15.2. The molecule has 0 saturated heterocycles. The molecule has 296 valence electrons. The summed E-state index contributed by atoms with van der Waals surface area (Å²) in [6, 6.07) is 94.3. The predicted molar refractivity (Wildman–Crippen MR) is 270 cm³/mol. The van der Waals surface area contributed by atoms with E-state index in [9.17, 15) is 0 Å². The summed E-state index contributed by atoms with van der Waals surface area (Å²) in [5.41, 5.74) is 11.9. The van der Waals surface area contributed by atoms with E-state index < -0.39 is 8.07 Å². The molecule has 12 rings (SSSR count). The van der Waals surface area contributed by atoms with E-state index in [0.717, 1.165) is 16.9 Å². The molecule has 0 spiro atoms. The number of nitrogens with zero attached hydrogens (tertiary/aromatic N) is 2. The van der Waals surface area contributed by atoms with Gasteiger partial charge in [-0.3, -0.25) is 0 Å². The highest BCUT2D eigenvalue weighted by atomic mass is 28.3. The normalized spacial score (nSPS) is 11.8. The first-order valence-corrected chi connectivity index (χ1v) is 23.8. The van der Waals surface area contributed by atoms with E-state index in [-0.39, 0.29) is 0 Å². The van der Waals surface area contributed by atoms with Crippen LogP contribution < -0.4 is 20.7 Å². The molecule has 0 amide bonds. The zero-order valence-electron chi connectivity index (χ0n) is 34.6. The molecular formula is C60H42N2Si. The second-order valence-electron chi connectivity index (χ2n) is 16.4. The van der Waals surface area contributed by atoms with Gasteiger partial charge in [0.05, 0.1) is 33.4 Å². The number of para-hydroxylation sites is 4. The Morgan fingerprint density at radius 3 is 1.35 bits per heavy atom. The molecule has 2 nitrogen and oxygen atoms in total. The standard InChI is InChI=1S/C60H42N2Si/c1-6-23-43(24-7-1)48-33-16-18-38-53(48)61-55-40-22-41-56(58(55)52-37-20-35-49(59(52)61)44-25-8-2-9-26-44)62-54-39-19-17-34-50(54)51-36-21-42-57(60(51)62)63(45-27-10-3-11-28-45,46-29-12-4-13-30-46)47-31-14-5-15-32-47/h1-42H. The molecule has 0 atom stereocenters. The van der Waals surface area contributed by atoms with E-state index in [1.165, 1.54) is 81.1 Å². The van der Waals surface area contributed by atoms with Gasteiger partial charge in [-0.05, 0) is 56.1 Å². The third kappa shape index (κ3) is 5.71. The van der Waals surface area contributed by atoms with Crippen LogP contribution in [0.5, 0.6) is 0 Å². The van der Waals surface area contributed by atoms with Crippen molar-refractivity contribution in [2.24, 2.45) is 0 Å². The molecule has 0 aliphatic carbocycles. The molecule has 0 saturated carbocycles. The molecule has 63 heavy (non-hydrogen) atoms. The van der Waals surface area contributed by atoms with E-state index in [4.69, 9.17) is 0 Å². The molecule has 3 heteroatoms. The summed E-state index contributed by atoms with van der Waals surface area (Å²) in [6.45, 7) is 0. The van der Waals surface area contributed by atoms with E-state index in [1.807, 2.05) is 0 Å². The van der Waals surface area contributed by atoms with Gasteiger partial charge in [0.15, 0.2) is 8.07 Å². The number of hydrogen-bond acceptors (Lipinski definition) is 0. The van der Waals surface area contributed by atoms with Crippen molar-refractivity contribution >= 4 is 72.4 Å². The molecule has 0 aliphatic rings. The van der Waals surface area contributed by atoms with Crippen LogP contribution in [-0.2, 0) is 0 Å². The van der Waals surface area contributed by atoms with Crippen molar-refractivity contribution in [2.45, 2.75) is 0 Å². The molecule has 2 aromatic heterocycles. The van der Waals surface area contributed by atoms with Crippen molar-refractivity contribution in [3.05, 3.63) is 255 Å². The topological polar surface area (TPSA) is 9.86 Å². The van der Waals surface area contributed by atoms with Gasteiger partial charge in [0.25, 0.3) is 0 Å². The first-order chi connectivity index (χ1) is 31.3. The second-order valence-corrected chi connectivity index (χ2v) is 20.1. The Bertz CT molecular complexity index is 3500. The molecule has 2 heterocycles. The van der Waals surface area contributed by atoms with Crippen molar-refractivity contribution in [1.29, 1.82) is 0 Å². The summed E-state index contributed by atoms with van der Waals surface area (Å²) in [5.74, 6) is 0. The van der Waals surface area contributed by atoms with Crippen LogP contribution in [0.25, 0.3) is 77.2 Å². The van der Waals surface area contributed by atoms with Gasteiger partial charge in [-0.15, -0.1) is 0 Å². The Hall–Kier alpha value is -7.98. The summed E-state index contributed by atoms with van der Waals surface area (Å²) in [4.78, 5) is 0. The Kier molecular flexibility index (Phi) is 8.87. The highest BCUT2D eigenvalue weighted by molar-refractivity contribution is 7.20. The van der Waals surface area contributed by atoms with Crippen LogP contribution in [0.3, 0.4) is 0 Å². The van der Waals surface area contributed by atoms with Crippen molar-refractivity contribution in [1.82, 2.24) is 9.13 Å². The third-order valence-electron chi connectivity index (χ3n) is 13.1. The highest BCUT2D eigenvalue weighted by Crippen LogP contribution is 2.44. The minimum atomic E-state index is -2.98. The van der Waals surface area contributed by atoms with Crippen molar-refractivity contribution in [3.63, 3.8) is 0 Å². The minimum Gasteiger partial charge on any atom is -0.309 e. The number of rotatable bonds is 8. The van der Waals surface area contributed by atoms with E-state index in [1.54, 1.807) is 0 Å². The van der Waals surface area contributed by atoms with Crippen LogP contribution in [0.2, 0.25) is 0 Å². The molecular weight excluding hydrogens is 777 g/mol. The summed E-state index contributed by atoms with van der Waals surface area (Å²) in [7, 11) is -2.98. The lowest BCUT2D eigenvalue weighted by Gasteiger charge is -2.35. The van der Waals surface area contributed by atoms with Crippen LogP contribution in [0.15, 0.2) is 255 Å². The fraction of sp³-hybridized carbons (Fsp3) is 0. The number of hydrogen-bond donors (Lipinski definition) is 0. The maximum absolute atomic E-state index is 2.98. The molecule has 10 aromatic carbocycles. The smallest absolute Gasteiger partial charge is 0.181 e. The molecule has 0 bridgehead atoms. The number of benzene rings is 10. The summed E-state index contributed by atoms with van der Waals surface area (Å²) < 4.78 is 5.14. The number of aromatic nitrogens is 2. The first-order valence-electron chi connectivity index (χ1n) is 21.8. The minimum absolute atomic E-state index is 1.15. The molecule has 12 aromatic rings. The maximum atomic E-state index is 2.61. The van der Waals surface area contributed by atoms with Crippen molar-refractivity contribution < 1.29 is 0 Å². The lowest BCUT2D eigenvalue weighted by Crippen LogP contribution is -2.75. The van der Waals surface area contributed by atoms with Gasteiger partial charge in [-0.1, -0.05) is 231 Å². The van der Waals surface area contributed by atoms with Crippen LogP contribution >= 0.6 is 0 Å². The average Bonchev–Trinajstić information content (AvgIpc) is 3.89. The lowest BCUT2D eigenvalue weighted by atomic mass is 10.0. The highest BCUT2D eigenvalue weighted by Gasteiger charge is 2.43.